The fraction of sp³-hybridized carbons (Fsp3) is 0.818. The highest BCUT2D eigenvalue weighted by Crippen LogP contribution is 2.36. The van der Waals surface area contributed by atoms with E-state index in [4.69, 9.17) is 14.2 Å². The molecule has 0 aromatic carbocycles. The molecular formula is C11H20O3. The predicted octanol–water partition coefficient (Wildman–Crippen LogP) is 1.98. The van der Waals surface area contributed by atoms with Crippen LogP contribution in [0.1, 0.15) is 20.3 Å². The van der Waals surface area contributed by atoms with Crippen LogP contribution in [-0.2, 0) is 14.2 Å². The van der Waals surface area contributed by atoms with Crippen LogP contribution >= 0.6 is 0 Å². The molecule has 0 fully saturated rings. The molecule has 0 aliphatic heterocycles. The van der Waals surface area contributed by atoms with Crippen molar-refractivity contribution in [3.63, 3.8) is 0 Å². The molecule has 82 valence electrons. The highest BCUT2D eigenvalue weighted by atomic mass is 16.6. The maximum Gasteiger partial charge on any atom is 0.142 e. The summed E-state index contributed by atoms with van der Waals surface area (Å²) < 4.78 is 16.3. The van der Waals surface area contributed by atoms with Crippen molar-refractivity contribution in [1.29, 1.82) is 0 Å². The minimum absolute atomic E-state index is 0.103. The summed E-state index contributed by atoms with van der Waals surface area (Å²) in [5.41, 5.74) is -0.283. The quantitative estimate of drug-likeness (QED) is 0.697. The van der Waals surface area contributed by atoms with Crippen molar-refractivity contribution in [1.82, 2.24) is 0 Å². The van der Waals surface area contributed by atoms with Crippen LogP contribution in [0.15, 0.2) is 11.8 Å². The number of methoxy groups -OCH3 is 3. The Bertz CT molecular complexity index is 225. The first kappa shape index (κ1) is 11.5. The normalized spacial score (nSPS) is 37.9. The Kier molecular flexibility index (Phi) is 3.56. The summed E-state index contributed by atoms with van der Waals surface area (Å²) in [7, 11) is 5.08. The molecule has 3 heteroatoms. The Balaban J connectivity index is 2.96. The topological polar surface area (TPSA) is 27.7 Å². The van der Waals surface area contributed by atoms with Crippen molar-refractivity contribution in [2.45, 2.75) is 32.0 Å². The molecule has 0 aromatic rings. The van der Waals surface area contributed by atoms with Crippen molar-refractivity contribution in [2.24, 2.45) is 5.92 Å². The van der Waals surface area contributed by atoms with Gasteiger partial charge in [-0.05, 0) is 25.3 Å². The van der Waals surface area contributed by atoms with Gasteiger partial charge in [0.15, 0.2) is 0 Å². The Hall–Kier alpha value is -0.540. The Morgan fingerprint density at radius 1 is 1.36 bits per heavy atom. The lowest BCUT2D eigenvalue weighted by molar-refractivity contribution is -0.121. The summed E-state index contributed by atoms with van der Waals surface area (Å²) in [5, 5.41) is 0. The monoisotopic (exact) mass is 200 g/mol. The van der Waals surface area contributed by atoms with E-state index in [1.807, 2.05) is 0 Å². The Morgan fingerprint density at radius 3 is 2.43 bits per heavy atom. The summed E-state index contributed by atoms with van der Waals surface area (Å²) in [5.74, 6) is 1.33. The van der Waals surface area contributed by atoms with Gasteiger partial charge >= 0.3 is 0 Å². The molecule has 0 saturated heterocycles. The second-order valence-corrected chi connectivity index (χ2v) is 4.09. The molecule has 0 spiro atoms. The predicted molar refractivity (Wildman–Crippen MR) is 55.1 cm³/mol. The number of rotatable bonds is 3. The van der Waals surface area contributed by atoms with E-state index in [1.54, 1.807) is 21.3 Å². The summed E-state index contributed by atoms with van der Waals surface area (Å²) >= 11 is 0. The smallest absolute Gasteiger partial charge is 0.142 e. The summed E-state index contributed by atoms with van der Waals surface area (Å²) in [6, 6.07) is 0. The van der Waals surface area contributed by atoms with Gasteiger partial charge < -0.3 is 14.2 Å². The van der Waals surface area contributed by atoms with Gasteiger partial charge in [-0.2, -0.15) is 0 Å². The maximum absolute atomic E-state index is 5.54. The average Bonchev–Trinajstić information content (AvgIpc) is 2.16. The van der Waals surface area contributed by atoms with Gasteiger partial charge in [-0.25, -0.2) is 0 Å². The molecule has 0 N–H and O–H groups in total. The second-order valence-electron chi connectivity index (χ2n) is 4.09. The Labute approximate surface area is 86.0 Å². The molecule has 1 aliphatic carbocycles. The summed E-state index contributed by atoms with van der Waals surface area (Å²) in [6.45, 7) is 4.21. The van der Waals surface area contributed by atoms with Gasteiger partial charge in [-0.3, -0.25) is 0 Å². The number of hydrogen-bond donors (Lipinski definition) is 0. The van der Waals surface area contributed by atoms with Gasteiger partial charge in [0.1, 0.15) is 11.9 Å². The zero-order valence-corrected chi connectivity index (χ0v) is 9.66. The molecule has 1 rings (SSSR count). The van der Waals surface area contributed by atoms with E-state index in [2.05, 4.69) is 19.9 Å². The first-order valence-electron chi connectivity index (χ1n) is 4.91. The molecule has 0 bridgehead atoms. The lowest BCUT2D eigenvalue weighted by Crippen LogP contribution is -2.47. The van der Waals surface area contributed by atoms with Crippen molar-refractivity contribution in [3.05, 3.63) is 11.8 Å². The fourth-order valence-electron chi connectivity index (χ4n) is 2.20. The van der Waals surface area contributed by atoms with Crippen molar-refractivity contribution >= 4 is 0 Å². The minimum Gasteiger partial charge on any atom is -0.499 e. The largest absolute Gasteiger partial charge is 0.499 e. The molecule has 14 heavy (non-hydrogen) atoms. The third kappa shape index (κ3) is 1.93. The number of hydrogen-bond acceptors (Lipinski definition) is 3. The number of allylic oxidation sites excluding steroid dienone is 1. The van der Waals surface area contributed by atoms with Crippen LogP contribution in [0.3, 0.4) is 0 Å². The van der Waals surface area contributed by atoms with E-state index in [-0.39, 0.29) is 11.7 Å². The average molecular weight is 200 g/mol. The SMILES string of the molecule is COC1=CC(C)CC(C)(OC)C1OC. The van der Waals surface area contributed by atoms with Gasteiger partial charge in [0.2, 0.25) is 0 Å². The second kappa shape index (κ2) is 4.32. The van der Waals surface area contributed by atoms with Gasteiger partial charge in [0.25, 0.3) is 0 Å². The Morgan fingerprint density at radius 2 is 2.00 bits per heavy atom. The molecular weight excluding hydrogens is 180 g/mol. The van der Waals surface area contributed by atoms with Crippen LogP contribution in [0.25, 0.3) is 0 Å². The summed E-state index contributed by atoms with van der Waals surface area (Å²) in [4.78, 5) is 0. The maximum atomic E-state index is 5.54. The third-order valence-corrected chi connectivity index (χ3v) is 2.93. The highest BCUT2D eigenvalue weighted by Gasteiger charge is 2.42. The molecule has 1 aliphatic rings. The molecule has 0 radical (unpaired) electrons. The zero-order valence-electron chi connectivity index (χ0n) is 9.66. The standard InChI is InChI=1S/C11H20O3/c1-8-6-9(12-3)10(13-4)11(2,7-8)14-5/h6,8,10H,7H2,1-5H3. The van der Waals surface area contributed by atoms with Crippen molar-refractivity contribution in [3.8, 4) is 0 Å². The molecule has 0 saturated carbocycles. The van der Waals surface area contributed by atoms with E-state index >= 15 is 0 Å². The van der Waals surface area contributed by atoms with E-state index in [0.29, 0.717) is 5.92 Å². The molecule has 3 atom stereocenters. The van der Waals surface area contributed by atoms with Crippen molar-refractivity contribution in [2.75, 3.05) is 21.3 Å². The van der Waals surface area contributed by atoms with E-state index < -0.39 is 0 Å². The van der Waals surface area contributed by atoms with Crippen LogP contribution in [0, 0.1) is 5.92 Å². The number of ether oxygens (including phenoxy) is 3. The summed E-state index contributed by atoms with van der Waals surface area (Å²) in [6.07, 6.45) is 2.96. The molecule has 3 nitrogen and oxygen atoms in total. The third-order valence-electron chi connectivity index (χ3n) is 2.93. The van der Waals surface area contributed by atoms with E-state index in [9.17, 15) is 0 Å². The molecule has 0 amide bonds. The minimum atomic E-state index is -0.283. The molecule has 0 aromatic heterocycles. The fourth-order valence-corrected chi connectivity index (χ4v) is 2.20. The van der Waals surface area contributed by atoms with E-state index in [1.165, 1.54) is 0 Å². The lowest BCUT2D eigenvalue weighted by Gasteiger charge is -2.40. The van der Waals surface area contributed by atoms with Gasteiger partial charge in [0, 0.05) is 14.2 Å². The molecule has 3 unspecified atom stereocenters. The molecule has 0 heterocycles. The van der Waals surface area contributed by atoms with Gasteiger partial charge in [-0.1, -0.05) is 6.92 Å². The first-order valence-corrected chi connectivity index (χ1v) is 4.91. The van der Waals surface area contributed by atoms with E-state index in [0.717, 1.165) is 12.2 Å². The lowest BCUT2D eigenvalue weighted by atomic mass is 9.81. The van der Waals surface area contributed by atoms with Crippen LogP contribution in [0.5, 0.6) is 0 Å². The zero-order chi connectivity index (χ0) is 10.8. The van der Waals surface area contributed by atoms with Gasteiger partial charge in [-0.15, -0.1) is 0 Å². The first-order chi connectivity index (χ1) is 6.57. The van der Waals surface area contributed by atoms with Crippen LogP contribution in [0.4, 0.5) is 0 Å². The highest BCUT2D eigenvalue weighted by molar-refractivity contribution is 5.15. The van der Waals surface area contributed by atoms with Gasteiger partial charge in [0.05, 0.1) is 12.7 Å². The van der Waals surface area contributed by atoms with Crippen LogP contribution in [0.2, 0.25) is 0 Å². The van der Waals surface area contributed by atoms with Crippen LogP contribution in [-0.4, -0.2) is 33.0 Å². The van der Waals surface area contributed by atoms with Crippen molar-refractivity contribution < 1.29 is 14.2 Å². The van der Waals surface area contributed by atoms with Crippen LogP contribution < -0.4 is 0 Å².